The minimum Gasteiger partial charge on any atom is -0.412 e. The summed E-state index contributed by atoms with van der Waals surface area (Å²) in [5.74, 6) is 0.581. The molecular weight excluding hydrogens is 244 g/mol. The second kappa shape index (κ2) is 9.75. The van der Waals surface area contributed by atoms with Gasteiger partial charge in [-0.2, -0.15) is 0 Å². The fourth-order valence-electron chi connectivity index (χ4n) is 2.79. The van der Waals surface area contributed by atoms with Gasteiger partial charge >= 0.3 is 0 Å². The Kier molecular flexibility index (Phi) is 9.17. The molecule has 1 rings (SSSR count). The molecule has 0 aromatic rings. The van der Waals surface area contributed by atoms with Gasteiger partial charge in [0.25, 0.3) is 0 Å². The summed E-state index contributed by atoms with van der Waals surface area (Å²) < 4.78 is 7.16. The normalized spacial score (nSPS) is 15.7. The lowest BCUT2D eigenvalue weighted by Crippen LogP contribution is -2.70. The van der Waals surface area contributed by atoms with Crippen molar-refractivity contribution in [2.75, 3.05) is 19.8 Å². The molecule has 21 heavy (non-hydrogen) atoms. The monoisotopic (exact) mass is 259 g/mol. The summed E-state index contributed by atoms with van der Waals surface area (Å²) in [5.41, 5.74) is 0. The van der Waals surface area contributed by atoms with Crippen molar-refractivity contribution in [1.29, 1.82) is 0 Å². The zero-order valence-corrected chi connectivity index (χ0v) is 12.6. The molecule has 14 heteroatoms. The van der Waals surface area contributed by atoms with E-state index in [1.54, 1.807) is 4.72 Å². The van der Waals surface area contributed by atoms with Crippen LogP contribution in [-0.2, 0) is 4.74 Å². The molecule has 0 aromatic carbocycles. The number of ether oxygens (including phenoxy) is 1. The van der Waals surface area contributed by atoms with Crippen LogP contribution < -0.4 is 0 Å². The first-order valence-corrected chi connectivity index (χ1v) is 7.47. The minimum absolute atomic E-state index is 0.468. The summed E-state index contributed by atoms with van der Waals surface area (Å²) in [7, 11) is 40.8. The quantitative estimate of drug-likeness (QED) is 0.418. The highest BCUT2D eigenvalue weighted by Crippen LogP contribution is 2.19. The first kappa shape index (κ1) is 19.7. The van der Waals surface area contributed by atoms with Crippen LogP contribution >= 0.6 is 0 Å². The van der Waals surface area contributed by atoms with Crippen LogP contribution in [0.1, 0.15) is 19.3 Å². The molecule has 0 saturated carbocycles. The summed E-state index contributed by atoms with van der Waals surface area (Å²) >= 11 is 0. The molecule has 1 aliphatic rings. The smallest absolute Gasteiger partial charge is 0.105 e. The Morgan fingerprint density at radius 2 is 1.48 bits per heavy atom. The molecule has 14 radical (unpaired) electrons. The third kappa shape index (κ3) is 6.37. The summed E-state index contributed by atoms with van der Waals surface area (Å²) in [6.07, 6.45) is 0.941. The Morgan fingerprint density at radius 1 is 0.905 bits per heavy atom. The van der Waals surface area contributed by atoms with Crippen LogP contribution in [-0.4, -0.2) is 111 Å². The fourth-order valence-corrected chi connectivity index (χ4v) is 2.79. The predicted molar refractivity (Wildman–Crippen MR) is 104 cm³/mol. The highest BCUT2D eigenvalue weighted by molar-refractivity contribution is 7.91. The standard InChI is InChI=1S/C7H13B12NO/c8-15(9)18(14)19(16(10)11)20(17(12)13)4-1-7-2-5-21-6-3-7/h7H,1-6H2. The van der Waals surface area contributed by atoms with Crippen LogP contribution in [0.2, 0.25) is 0 Å². The van der Waals surface area contributed by atoms with Crippen molar-refractivity contribution in [1.82, 2.24) is 4.72 Å². The number of rotatable bonds is 8. The molecule has 1 heterocycles. The third-order valence-corrected chi connectivity index (χ3v) is 4.14. The Balaban J connectivity index is 2.67. The van der Waals surface area contributed by atoms with E-state index >= 15 is 0 Å². The van der Waals surface area contributed by atoms with Crippen molar-refractivity contribution >= 4 is 86.6 Å². The number of hydrogen-bond donors (Lipinski definition) is 0. The second-order valence-electron chi connectivity index (χ2n) is 5.80. The van der Waals surface area contributed by atoms with Crippen molar-refractivity contribution in [3.8, 4) is 0 Å². The van der Waals surface area contributed by atoms with Gasteiger partial charge in [-0.15, -0.1) is 0 Å². The number of hydrogen-bond acceptors (Lipinski definition) is 2. The van der Waals surface area contributed by atoms with E-state index in [9.17, 15) is 0 Å². The lowest BCUT2D eigenvalue weighted by Gasteiger charge is -2.41. The maximum Gasteiger partial charge on any atom is 0.105 e. The lowest BCUT2D eigenvalue weighted by molar-refractivity contribution is 0.0634. The van der Waals surface area contributed by atoms with Crippen molar-refractivity contribution in [2.24, 2.45) is 5.92 Å². The van der Waals surface area contributed by atoms with Crippen molar-refractivity contribution in [2.45, 2.75) is 19.3 Å². The van der Waals surface area contributed by atoms with Gasteiger partial charge < -0.3 is 9.46 Å². The Hall–Kier alpha value is 0.699. The highest BCUT2D eigenvalue weighted by atomic mass is 16.5. The summed E-state index contributed by atoms with van der Waals surface area (Å²) in [6.45, 7) is 1.07. The van der Waals surface area contributed by atoms with Crippen molar-refractivity contribution in [3.63, 3.8) is 0 Å². The van der Waals surface area contributed by atoms with E-state index in [4.69, 9.17) is 58.9 Å². The van der Waals surface area contributed by atoms with E-state index in [2.05, 4.69) is 0 Å². The zero-order valence-electron chi connectivity index (χ0n) is 12.6. The molecule has 1 fully saturated rings. The van der Waals surface area contributed by atoms with Crippen LogP contribution in [0.4, 0.5) is 0 Å². The van der Waals surface area contributed by atoms with Gasteiger partial charge in [0.05, 0.1) is 0 Å². The van der Waals surface area contributed by atoms with E-state index in [0.717, 1.165) is 32.5 Å². The van der Waals surface area contributed by atoms with Gasteiger partial charge in [0.1, 0.15) is 13.3 Å². The molecule has 0 atom stereocenters. The van der Waals surface area contributed by atoms with Gasteiger partial charge in [0, 0.05) is 86.5 Å². The maximum absolute atomic E-state index is 6.03. The Bertz CT molecular complexity index is 287. The lowest BCUT2D eigenvalue weighted by atomic mass is 8.65. The van der Waals surface area contributed by atoms with Crippen LogP contribution in [0.15, 0.2) is 0 Å². The molecule has 1 aliphatic heterocycles. The van der Waals surface area contributed by atoms with Gasteiger partial charge in [-0.3, -0.25) is 0 Å². The molecule has 0 N–H and O–H groups in total. The Morgan fingerprint density at radius 3 is 1.90 bits per heavy atom. The van der Waals surface area contributed by atoms with Crippen LogP contribution in [0, 0.1) is 5.92 Å². The molecule has 88 valence electrons. The molecule has 0 bridgehead atoms. The van der Waals surface area contributed by atoms with E-state index in [0.29, 0.717) is 12.5 Å². The molecule has 0 spiro atoms. The Labute approximate surface area is 141 Å². The molecule has 0 aromatic heterocycles. The zero-order chi connectivity index (χ0) is 16.0. The van der Waals surface area contributed by atoms with Crippen molar-refractivity contribution in [3.05, 3.63) is 0 Å². The summed E-state index contributed by atoms with van der Waals surface area (Å²) in [6, 6.07) is 0. The molecule has 0 unspecified atom stereocenters. The summed E-state index contributed by atoms with van der Waals surface area (Å²) in [5, 5.41) is 0. The minimum atomic E-state index is -0.742. The second-order valence-corrected chi connectivity index (χ2v) is 5.80. The predicted octanol–water partition coefficient (Wildman–Crippen LogP) is -3.54. The van der Waals surface area contributed by atoms with Gasteiger partial charge in [-0.05, 0) is 31.7 Å². The topological polar surface area (TPSA) is 12.5 Å². The summed E-state index contributed by atoms with van der Waals surface area (Å²) in [4.78, 5) is 0. The SMILES string of the molecule is [B]B([B])B([B])B(B([B])[B])N(CCC1CCOCC1)B([B])[B]. The molecule has 0 amide bonds. The van der Waals surface area contributed by atoms with Gasteiger partial charge in [-0.1, -0.05) is 0 Å². The van der Waals surface area contributed by atoms with Crippen molar-refractivity contribution < 1.29 is 4.74 Å². The highest BCUT2D eigenvalue weighted by Gasteiger charge is 2.34. The van der Waals surface area contributed by atoms with Gasteiger partial charge in [0.2, 0.25) is 0 Å². The number of nitrogens with zero attached hydrogens (tertiary/aromatic N) is 1. The molecule has 1 saturated heterocycles. The first-order valence-electron chi connectivity index (χ1n) is 7.47. The third-order valence-electron chi connectivity index (χ3n) is 4.14. The van der Waals surface area contributed by atoms with E-state index in [1.807, 2.05) is 0 Å². The van der Waals surface area contributed by atoms with Crippen LogP contribution in [0.5, 0.6) is 0 Å². The first-order chi connectivity index (χ1) is 9.84. The van der Waals surface area contributed by atoms with E-state index in [1.165, 1.54) is 0 Å². The average molecular weight is 257 g/mol. The van der Waals surface area contributed by atoms with Crippen LogP contribution in [0.25, 0.3) is 0 Å². The van der Waals surface area contributed by atoms with E-state index in [-0.39, 0.29) is 0 Å². The average Bonchev–Trinajstić information content (AvgIpc) is 2.42. The fraction of sp³-hybridized carbons (Fsp3) is 1.00. The molecule has 2 nitrogen and oxygen atoms in total. The van der Waals surface area contributed by atoms with Gasteiger partial charge in [0.15, 0.2) is 0 Å². The molecular formula is C7H13B12NO. The maximum atomic E-state index is 6.03. The van der Waals surface area contributed by atoms with E-state index < -0.39 is 32.4 Å². The van der Waals surface area contributed by atoms with Gasteiger partial charge in [-0.25, -0.2) is 0 Å². The molecule has 0 aliphatic carbocycles. The van der Waals surface area contributed by atoms with Crippen LogP contribution in [0.3, 0.4) is 0 Å². The largest absolute Gasteiger partial charge is 0.412 e.